The van der Waals surface area contributed by atoms with Crippen molar-refractivity contribution in [2.45, 2.75) is 6.54 Å². The van der Waals surface area contributed by atoms with E-state index in [9.17, 15) is 10.1 Å². The molecule has 0 radical (unpaired) electrons. The number of anilines is 2. The summed E-state index contributed by atoms with van der Waals surface area (Å²) in [5.41, 5.74) is 2.60. The van der Waals surface area contributed by atoms with Gasteiger partial charge in [0.15, 0.2) is 0 Å². The van der Waals surface area contributed by atoms with Crippen molar-refractivity contribution in [3.63, 3.8) is 0 Å². The van der Waals surface area contributed by atoms with Crippen LogP contribution in [-0.2, 0) is 13.6 Å². The van der Waals surface area contributed by atoms with Gasteiger partial charge in [-0.1, -0.05) is 12.1 Å². The third-order valence-corrected chi connectivity index (χ3v) is 3.96. The average molecular weight is 349 g/mol. The van der Waals surface area contributed by atoms with Gasteiger partial charge < -0.3 is 5.32 Å². The van der Waals surface area contributed by atoms with E-state index in [1.807, 2.05) is 25.4 Å². The quantitative estimate of drug-likeness (QED) is 0.439. The summed E-state index contributed by atoms with van der Waals surface area (Å²) >= 11 is 0. The summed E-state index contributed by atoms with van der Waals surface area (Å²) in [4.78, 5) is 14.9. The molecule has 0 aliphatic carbocycles. The van der Waals surface area contributed by atoms with Gasteiger partial charge in [-0.2, -0.15) is 10.2 Å². The first-order valence-electron chi connectivity index (χ1n) is 7.89. The van der Waals surface area contributed by atoms with Crippen LogP contribution < -0.4 is 5.32 Å². The Morgan fingerprint density at radius 2 is 2.08 bits per heavy atom. The Hall–Kier alpha value is -3.75. The van der Waals surface area contributed by atoms with E-state index in [0.717, 1.165) is 22.2 Å². The van der Waals surface area contributed by atoms with Crippen LogP contribution in [0.4, 0.5) is 17.2 Å². The van der Waals surface area contributed by atoms with Crippen LogP contribution >= 0.6 is 0 Å². The van der Waals surface area contributed by atoms with Gasteiger partial charge in [-0.25, -0.2) is 4.98 Å². The van der Waals surface area contributed by atoms with Gasteiger partial charge >= 0.3 is 0 Å². The fraction of sp³-hybridized carbons (Fsp3) is 0.118. The van der Waals surface area contributed by atoms with Crippen LogP contribution in [-0.4, -0.2) is 29.5 Å². The number of rotatable bonds is 5. The number of pyridine rings is 1. The number of nitro groups is 1. The predicted octanol–water partition coefficient (Wildman–Crippen LogP) is 2.86. The summed E-state index contributed by atoms with van der Waals surface area (Å²) in [5.74, 6) is 0.672. The molecular formula is C17H15N7O2. The van der Waals surface area contributed by atoms with E-state index in [2.05, 4.69) is 20.5 Å². The highest BCUT2D eigenvalue weighted by molar-refractivity contribution is 5.81. The lowest BCUT2D eigenvalue weighted by molar-refractivity contribution is -0.384. The molecule has 9 heteroatoms. The van der Waals surface area contributed by atoms with Crippen LogP contribution in [0.1, 0.15) is 5.56 Å². The highest BCUT2D eigenvalue weighted by atomic mass is 16.6. The molecular weight excluding hydrogens is 334 g/mol. The van der Waals surface area contributed by atoms with Crippen molar-refractivity contribution in [2.75, 3.05) is 5.32 Å². The van der Waals surface area contributed by atoms with E-state index in [-0.39, 0.29) is 5.69 Å². The zero-order valence-corrected chi connectivity index (χ0v) is 13.9. The number of hydrogen-bond acceptors (Lipinski definition) is 6. The molecule has 0 aliphatic heterocycles. The van der Waals surface area contributed by atoms with Crippen molar-refractivity contribution in [3.8, 4) is 0 Å². The van der Waals surface area contributed by atoms with E-state index < -0.39 is 4.92 Å². The van der Waals surface area contributed by atoms with Crippen LogP contribution in [0.15, 0.2) is 55.1 Å². The molecule has 4 aromatic rings. The molecule has 0 atom stereocenters. The van der Waals surface area contributed by atoms with Crippen LogP contribution in [0.25, 0.3) is 10.9 Å². The minimum atomic E-state index is -0.398. The summed E-state index contributed by atoms with van der Waals surface area (Å²) < 4.78 is 3.50. The van der Waals surface area contributed by atoms with Gasteiger partial charge in [0.2, 0.25) is 0 Å². The first-order valence-corrected chi connectivity index (χ1v) is 7.89. The molecule has 9 nitrogen and oxygen atoms in total. The minimum Gasteiger partial charge on any atom is -0.338 e. The number of non-ortho nitro benzene ring substituents is 1. The molecule has 0 saturated heterocycles. The van der Waals surface area contributed by atoms with E-state index in [1.165, 1.54) is 6.07 Å². The molecule has 0 aliphatic rings. The minimum absolute atomic E-state index is 0.0690. The Balaban J connectivity index is 1.64. The van der Waals surface area contributed by atoms with E-state index in [0.29, 0.717) is 12.4 Å². The van der Waals surface area contributed by atoms with Crippen molar-refractivity contribution in [1.82, 2.24) is 24.5 Å². The van der Waals surface area contributed by atoms with Gasteiger partial charge in [0.25, 0.3) is 5.69 Å². The average Bonchev–Trinajstić information content (AvgIpc) is 3.21. The number of nitrogens with one attached hydrogen (secondary N) is 1. The van der Waals surface area contributed by atoms with E-state index in [1.54, 1.807) is 40.1 Å². The molecule has 0 saturated carbocycles. The number of benzene rings is 1. The first-order chi connectivity index (χ1) is 12.6. The predicted molar refractivity (Wildman–Crippen MR) is 96.2 cm³/mol. The molecule has 1 aromatic carbocycles. The number of fused-ring (bicyclic) bond motifs is 1. The van der Waals surface area contributed by atoms with Crippen molar-refractivity contribution < 1.29 is 4.92 Å². The van der Waals surface area contributed by atoms with Crippen LogP contribution in [0.3, 0.4) is 0 Å². The van der Waals surface area contributed by atoms with Crippen LogP contribution in [0.5, 0.6) is 0 Å². The lowest BCUT2D eigenvalue weighted by Crippen LogP contribution is -2.02. The lowest BCUT2D eigenvalue weighted by atomic mass is 10.2. The van der Waals surface area contributed by atoms with Crippen LogP contribution in [0, 0.1) is 10.1 Å². The molecule has 0 amide bonds. The Morgan fingerprint density at radius 1 is 1.19 bits per heavy atom. The second kappa shape index (κ2) is 6.28. The Morgan fingerprint density at radius 3 is 2.85 bits per heavy atom. The van der Waals surface area contributed by atoms with Crippen molar-refractivity contribution >= 4 is 28.1 Å². The molecule has 130 valence electrons. The SMILES string of the molecule is Cn1cc(Nc2cc3c(cn2)cnn3Cc2cccc([N+](=O)[O-])c2)cn1. The van der Waals surface area contributed by atoms with Crippen molar-refractivity contribution in [3.05, 3.63) is 70.8 Å². The number of hydrogen-bond donors (Lipinski definition) is 1. The van der Waals surface area contributed by atoms with E-state index in [4.69, 9.17) is 0 Å². The Labute approximate surface area is 148 Å². The summed E-state index contributed by atoms with van der Waals surface area (Å²) in [7, 11) is 1.84. The Bertz CT molecular complexity index is 1100. The fourth-order valence-corrected chi connectivity index (χ4v) is 2.74. The molecule has 4 rings (SSSR count). The molecule has 3 aromatic heterocycles. The summed E-state index contributed by atoms with van der Waals surface area (Å²) in [6.07, 6.45) is 7.04. The van der Waals surface area contributed by atoms with Crippen molar-refractivity contribution in [2.24, 2.45) is 7.05 Å². The largest absolute Gasteiger partial charge is 0.338 e. The molecule has 0 bridgehead atoms. The van der Waals surface area contributed by atoms with Gasteiger partial charge in [0.1, 0.15) is 5.82 Å². The number of nitrogens with zero attached hydrogens (tertiary/aromatic N) is 6. The normalized spacial score (nSPS) is 11.0. The monoisotopic (exact) mass is 349 g/mol. The Kier molecular flexibility index (Phi) is 3.81. The second-order valence-corrected chi connectivity index (χ2v) is 5.89. The topological polar surface area (TPSA) is 104 Å². The molecule has 3 heterocycles. The maximum absolute atomic E-state index is 10.9. The van der Waals surface area contributed by atoms with Gasteiger partial charge in [0.05, 0.1) is 35.1 Å². The van der Waals surface area contributed by atoms with Gasteiger partial charge in [-0.05, 0) is 5.56 Å². The third-order valence-electron chi connectivity index (χ3n) is 3.96. The first kappa shape index (κ1) is 15.8. The van der Waals surface area contributed by atoms with Gasteiger partial charge in [-0.3, -0.25) is 19.5 Å². The zero-order valence-electron chi connectivity index (χ0n) is 13.9. The summed E-state index contributed by atoms with van der Waals surface area (Å²) in [5, 5.41) is 23.5. The van der Waals surface area contributed by atoms with E-state index >= 15 is 0 Å². The molecule has 1 N–H and O–H groups in total. The summed E-state index contributed by atoms with van der Waals surface area (Å²) in [6, 6.07) is 8.45. The fourth-order valence-electron chi connectivity index (χ4n) is 2.74. The summed E-state index contributed by atoms with van der Waals surface area (Å²) in [6.45, 7) is 0.432. The van der Waals surface area contributed by atoms with Gasteiger partial charge in [0, 0.05) is 43.0 Å². The highest BCUT2D eigenvalue weighted by Crippen LogP contribution is 2.21. The smallest absolute Gasteiger partial charge is 0.269 e. The second-order valence-electron chi connectivity index (χ2n) is 5.89. The van der Waals surface area contributed by atoms with Crippen molar-refractivity contribution in [1.29, 1.82) is 0 Å². The molecule has 26 heavy (non-hydrogen) atoms. The molecule has 0 spiro atoms. The number of nitro benzene ring substituents is 1. The highest BCUT2D eigenvalue weighted by Gasteiger charge is 2.09. The number of aromatic nitrogens is 5. The third kappa shape index (κ3) is 3.09. The number of aryl methyl sites for hydroxylation is 1. The zero-order chi connectivity index (χ0) is 18.1. The van der Waals surface area contributed by atoms with Crippen LogP contribution in [0.2, 0.25) is 0 Å². The molecule has 0 fully saturated rings. The van der Waals surface area contributed by atoms with Gasteiger partial charge in [-0.15, -0.1) is 0 Å². The standard InChI is InChI=1S/C17H15N7O2/c1-22-11-14(9-19-22)21-17-6-16-13(7-18-17)8-20-23(16)10-12-3-2-4-15(5-12)24(25)26/h2-9,11H,10H2,1H3,(H,18,21). The molecule has 0 unspecified atom stereocenters. The lowest BCUT2D eigenvalue weighted by Gasteiger charge is -2.06. The maximum Gasteiger partial charge on any atom is 0.269 e. The maximum atomic E-state index is 10.9.